The van der Waals surface area contributed by atoms with Gasteiger partial charge >= 0.3 is 18.0 Å². The minimum atomic E-state index is -1.03. The fraction of sp³-hybridized carbons (Fsp3) is 0.531. The molecule has 2 atom stereocenters. The summed E-state index contributed by atoms with van der Waals surface area (Å²) in [6.45, 7) is 8.60. The molecule has 0 bridgehead atoms. The maximum Gasteiger partial charge on any atom is 0.338 e. The number of carboxylic acid groups (broad SMARTS) is 1. The van der Waals surface area contributed by atoms with Gasteiger partial charge in [-0.15, -0.1) is 11.3 Å². The molecule has 4 aliphatic heterocycles. The van der Waals surface area contributed by atoms with Gasteiger partial charge in [-0.05, 0) is 50.8 Å². The van der Waals surface area contributed by atoms with Crippen LogP contribution in [-0.2, 0) is 19.1 Å². The molecule has 2 amide bonds. The van der Waals surface area contributed by atoms with Crippen LogP contribution in [0, 0.1) is 18.2 Å². The van der Waals surface area contributed by atoms with Crippen LogP contribution in [0.4, 0.5) is 9.18 Å². The second-order valence-corrected chi connectivity index (χ2v) is 13.5. The number of thiazole rings is 1. The van der Waals surface area contributed by atoms with Crippen LogP contribution in [0.1, 0.15) is 48.9 Å². The van der Waals surface area contributed by atoms with Crippen molar-refractivity contribution in [3.05, 3.63) is 63.0 Å². The lowest BCUT2D eigenvalue weighted by atomic mass is 9.79. The number of hydrogen-bond acceptors (Lipinski definition) is 10. The number of nitrogens with zero attached hydrogens (tertiary/aromatic N) is 5. The lowest BCUT2D eigenvalue weighted by Gasteiger charge is -2.44. The van der Waals surface area contributed by atoms with E-state index in [-0.39, 0.29) is 19.2 Å². The second kappa shape index (κ2) is 12.7. The number of halogens is 1. The van der Waals surface area contributed by atoms with Gasteiger partial charge in [0.1, 0.15) is 11.9 Å². The Hall–Kier alpha value is -3.88. The number of ether oxygens (including phenoxy) is 2. The quantitative estimate of drug-likeness (QED) is 0.391. The number of aromatic nitrogens is 1. The molecule has 14 heteroatoms. The van der Waals surface area contributed by atoms with Gasteiger partial charge in [-0.25, -0.2) is 19.0 Å². The Morgan fingerprint density at radius 1 is 1.24 bits per heavy atom. The number of aliphatic carboxylic acids is 1. The Labute approximate surface area is 270 Å². The standard InChI is InChI=1S/C32H39FN6O6S/c1-4-45-28(40)24-23(35-26(27-34-10-15-46-27)36-25(24)21-6-5-7-22(33)20(21)2)16-37-11-12-39-30(43)38(18-31(39,3)17-37)19-32(29(41)42)8-13-44-14-9-32/h5-7,10,15,25H,4,8-9,11-14,16-19H2,1-3H3,(H,35,36)(H,41,42). The molecule has 3 fully saturated rings. The topological polar surface area (TPSA) is 137 Å². The van der Waals surface area contributed by atoms with Crippen LogP contribution in [0.5, 0.6) is 0 Å². The van der Waals surface area contributed by atoms with E-state index in [0.717, 1.165) is 0 Å². The predicted molar refractivity (Wildman–Crippen MR) is 168 cm³/mol. The van der Waals surface area contributed by atoms with Crippen molar-refractivity contribution in [2.45, 2.75) is 45.2 Å². The molecule has 246 valence electrons. The first-order chi connectivity index (χ1) is 22.0. The Morgan fingerprint density at radius 2 is 2.02 bits per heavy atom. The summed E-state index contributed by atoms with van der Waals surface area (Å²) in [5.74, 6) is -1.35. The Balaban J connectivity index is 1.30. The molecule has 0 radical (unpaired) electrons. The molecule has 0 saturated carbocycles. The van der Waals surface area contributed by atoms with Crippen LogP contribution in [-0.4, -0.2) is 113 Å². The molecule has 0 aliphatic carbocycles. The molecule has 12 nitrogen and oxygen atoms in total. The number of carbonyl (C=O) groups excluding carboxylic acids is 2. The SMILES string of the molecule is CCOC(=O)C1=C(CN2CCN3C(=O)N(CC4(C(=O)O)CCOCC4)CC3(C)C2)NC(c2nccs2)=NC1c1cccc(F)c1C. The van der Waals surface area contributed by atoms with Crippen LogP contribution in [0.2, 0.25) is 0 Å². The number of benzene rings is 1. The number of piperazine rings is 1. The van der Waals surface area contributed by atoms with Gasteiger partial charge in [-0.2, -0.15) is 0 Å². The van der Waals surface area contributed by atoms with Gasteiger partial charge in [0.15, 0.2) is 10.8 Å². The van der Waals surface area contributed by atoms with E-state index in [4.69, 9.17) is 14.5 Å². The monoisotopic (exact) mass is 654 g/mol. The van der Waals surface area contributed by atoms with Crippen LogP contribution in [0.15, 0.2) is 46.0 Å². The summed E-state index contributed by atoms with van der Waals surface area (Å²) >= 11 is 1.40. The average molecular weight is 655 g/mol. The maximum atomic E-state index is 14.8. The molecule has 6 rings (SSSR count). The maximum absolute atomic E-state index is 14.8. The minimum absolute atomic E-state index is 0.138. The minimum Gasteiger partial charge on any atom is -0.481 e. The summed E-state index contributed by atoms with van der Waals surface area (Å²) < 4.78 is 25.8. The molecule has 5 heterocycles. The van der Waals surface area contributed by atoms with Crippen molar-refractivity contribution >= 4 is 35.1 Å². The predicted octanol–water partition coefficient (Wildman–Crippen LogP) is 3.19. The van der Waals surface area contributed by atoms with Crippen molar-refractivity contribution < 1.29 is 33.4 Å². The highest BCUT2D eigenvalue weighted by Gasteiger charge is 2.53. The van der Waals surface area contributed by atoms with Gasteiger partial charge in [0.2, 0.25) is 0 Å². The number of fused-ring (bicyclic) bond motifs is 1. The molecule has 0 spiro atoms. The summed E-state index contributed by atoms with van der Waals surface area (Å²) in [5, 5.41) is 15.9. The van der Waals surface area contributed by atoms with Crippen molar-refractivity contribution in [2.24, 2.45) is 10.4 Å². The smallest absolute Gasteiger partial charge is 0.338 e. The summed E-state index contributed by atoms with van der Waals surface area (Å²) in [4.78, 5) is 54.6. The van der Waals surface area contributed by atoms with Gasteiger partial charge in [0.25, 0.3) is 0 Å². The molecule has 1 aromatic heterocycles. The summed E-state index contributed by atoms with van der Waals surface area (Å²) in [6, 6.07) is 3.79. The Morgan fingerprint density at radius 3 is 2.72 bits per heavy atom. The molecule has 2 aromatic rings. The molecule has 2 unspecified atom stereocenters. The van der Waals surface area contributed by atoms with Crippen LogP contribution < -0.4 is 5.32 Å². The van der Waals surface area contributed by atoms with E-state index < -0.39 is 34.8 Å². The van der Waals surface area contributed by atoms with Crippen molar-refractivity contribution in [2.75, 3.05) is 59.1 Å². The van der Waals surface area contributed by atoms with E-state index in [2.05, 4.69) is 15.2 Å². The average Bonchev–Trinajstić information content (AvgIpc) is 3.65. The molecule has 4 aliphatic rings. The third kappa shape index (κ3) is 5.89. The number of esters is 1. The van der Waals surface area contributed by atoms with Gasteiger partial charge in [0, 0.05) is 69.8 Å². The van der Waals surface area contributed by atoms with Crippen molar-refractivity contribution in [1.82, 2.24) is 25.0 Å². The first kappa shape index (κ1) is 32.1. The lowest BCUT2D eigenvalue weighted by Crippen LogP contribution is -2.60. The highest BCUT2D eigenvalue weighted by molar-refractivity contribution is 7.11. The number of carboxylic acids is 1. The third-order valence-corrected chi connectivity index (χ3v) is 10.3. The molecular formula is C32H39FN6O6S. The zero-order chi connectivity index (χ0) is 32.6. The van der Waals surface area contributed by atoms with Gasteiger partial charge in [-0.3, -0.25) is 14.7 Å². The lowest BCUT2D eigenvalue weighted by molar-refractivity contribution is -0.156. The number of amides is 2. The van der Waals surface area contributed by atoms with E-state index in [0.29, 0.717) is 92.0 Å². The third-order valence-electron chi connectivity index (χ3n) is 9.53. The van der Waals surface area contributed by atoms with E-state index in [9.17, 15) is 23.9 Å². The number of aliphatic imine (C=N–C) groups is 1. The summed E-state index contributed by atoms with van der Waals surface area (Å²) in [7, 11) is 0. The van der Waals surface area contributed by atoms with Crippen molar-refractivity contribution in [3.8, 4) is 0 Å². The van der Waals surface area contributed by atoms with Gasteiger partial charge in [0.05, 0.1) is 23.1 Å². The molecular weight excluding hydrogens is 615 g/mol. The van der Waals surface area contributed by atoms with Crippen molar-refractivity contribution in [3.63, 3.8) is 0 Å². The highest BCUT2D eigenvalue weighted by atomic mass is 32.1. The first-order valence-corrected chi connectivity index (χ1v) is 16.4. The summed E-state index contributed by atoms with van der Waals surface area (Å²) in [5.41, 5.74) is 0.231. The highest BCUT2D eigenvalue weighted by Crippen LogP contribution is 2.39. The number of urea groups is 1. The van der Waals surface area contributed by atoms with Gasteiger partial charge in [-0.1, -0.05) is 12.1 Å². The molecule has 1 aromatic carbocycles. The Bertz CT molecular complexity index is 1570. The van der Waals surface area contributed by atoms with Crippen LogP contribution in [0.25, 0.3) is 0 Å². The second-order valence-electron chi connectivity index (χ2n) is 12.6. The molecule has 46 heavy (non-hydrogen) atoms. The molecule has 2 N–H and O–H groups in total. The number of amidine groups is 1. The molecule has 3 saturated heterocycles. The van der Waals surface area contributed by atoms with Crippen LogP contribution in [0.3, 0.4) is 0 Å². The largest absolute Gasteiger partial charge is 0.481 e. The van der Waals surface area contributed by atoms with E-state index in [1.165, 1.54) is 17.4 Å². The van der Waals surface area contributed by atoms with Gasteiger partial charge < -0.3 is 29.7 Å². The normalized spacial score (nSPS) is 24.8. The number of hydrogen-bond donors (Lipinski definition) is 2. The fourth-order valence-electron chi connectivity index (χ4n) is 7.08. The fourth-order valence-corrected chi connectivity index (χ4v) is 7.67. The number of rotatable bonds is 9. The first-order valence-electron chi connectivity index (χ1n) is 15.5. The number of nitrogens with one attached hydrogen (secondary N) is 1. The van der Waals surface area contributed by atoms with E-state index >= 15 is 0 Å². The van der Waals surface area contributed by atoms with Crippen molar-refractivity contribution in [1.29, 1.82) is 0 Å². The summed E-state index contributed by atoms with van der Waals surface area (Å²) in [6.07, 6.45) is 2.40. The van der Waals surface area contributed by atoms with Crippen LogP contribution >= 0.6 is 11.3 Å². The zero-order valence-corrected chi connectivity index (χ0v) is 27.1. The Kier molecular flexibility index (Phi) is 8.87. The van der Waals surface area contributed by atoms with E-state index in [1.807, 2.05) is 17.2 Å². The number of carbonyl (C=O) groups is 3. The van der Waals surface area contributed by atoms with E-state index in [1.54, 1.807) is 37.1 Å². The zero-order valence-electron chi connectivity index (χ0n) is 26.3.